The maximum atomic E-state index is 10.7. The molecular formula is C29H40Cl2O6. The van der Waals surface area contributed by atoms with E-state index in [1.807, 2.05) is 24.3 Å². The number of carbonyl (C=O) groups excluding carboxylic acids is 2. The van der Waals surface area contributed by atoms with E-state index >= 15 is 0 Å². The summed E-state index contributed by atoms with van der Waals surface area (Å²) in [7, 11) is 3.36. The van der Waals surface area contributed by atoms with Crippen LogP contribution in [0.25, 0.3) is 0 Å². The van der Waals surface area contributed by atoms with Gasteiger partial charge in [0.05, 0.1) is 26.4 Å². The fourth-order valence-electron chi connectivity index (χ4n) is 3.65. The van der Waals surface area contributed by atoms with E-state index in [4.69, 9.17) is 42.1 Å². The van der Waals surface area contributed by atoms with E-state index in [0.29, 0.717) is 42.0 Å². The van der Waals surface area contributed by atoms with Crippen LogP contribution in [0, 0.1) is 0 Å². The van der Waals surface area contributed by atoms with Crippen LogP contribution in [0.5, 0.6) is 0 Å². The molecule has 0 saturated carbocycles. The Balaban J connectivity index is 0.000000328. The van der Waals surface area contributed by atoms with Crippen LogP contribution >= 0.6 is 23.2 Å². The van der Waals surface area contributed by atoms with Gasteiger partial charge in [-0.25, -0.2) is 0 Å². The molecule has 6 nitrogen and oxygen atoms in total. The van der Waals surface area contributed by atoms with E-state index in [0.717, 1.165) is 23.0 Å². The van der Waals surface area contributed by atoms with Crippen LogP contribution in [0.2, 0.25) is 10.0 Å². The maximum Gasteiger partial charge on any atom is 0.184 e. The zero-order valence-electron chi connectivity index (χ0n) is 23.2. The quantitative estimate of drug-likeness (QED) is 0.327. The highest BCUT2D eigenvalue weighted by Crippen LogP contribution is 2.32. The highest BCUT2D eigenvalue weighted by molar-refractivity contribution is 6.31. The van der Waals surface area contributed by atoms with Crippen LogP contribution in [-0.2, 0) is 34.6 Å². The van der Waals surface area contributed by atoms with Crippen molar-refractivity contribution < 1.29 is 28.5 Å². The van der Waals surface area contributed by atoms with Crippen molar-refractivity contribution in [3.05, 3.63) is 68.7 Å². The van der Waals surface area contributed by atoms with Gasteiger partial charge in [-0.3, -0.25) is 4.79 Å². The van der Waals surface area contributed by atoms with E-state index in [1.165, 1.54) is 13.8 Å². The van der Waals surface area contributed by atoms with Crippen LogP contribution in [0.4, 0.5) is 0 Å². The number of Topliss-reactive ketones (excluding diaryl/α,β-unsaturated/α-hetero) is 1. The Bertz CT molecular complexity index is 1010. The number of hydrogen-bond acceptors (Lipinski definition) is 6. The number of hydrogen-bond donors (Lipinski definition) is 0. The first kappa shape index (κ1) is 33.2. The molecule has 1 saturated heterocycles. The number of ketones is 1. The first-order chi connectivity index (χ1) is 17.2. The summed E-state index contributed by atoms with van der Waals surface area (Å²) >= 11 is 12.1. The summed E-state index contributed by atoms with van der Waals surface area (Å²) in [4.78, 5) is 20.2. The molecule has 0 amide bonds. The predicted molar refractivity (Wildman–Crippen MR) is 149 cm³/mol. The lowest BCUT2D eigenvalue weighted by atomic mass is 9.84. The van der Waals surface area contributed by atoms with Crippen molar-refractivity contribution in [1.29, 1.82) is 0 Å². The third-order valence-corrected chi connectivity index (χ3v) is 5.88. The van der Waals surface area contributed by atoms with E-state index < -0.39 is 0 Å². The van der Waals surface area contributed by atoms with Crippen molar-refractivity contribution >= 4 is 35.3 Å². The third-order valence-electron chi connectivity index (χ3n) is 5.44. The van der Waals surface area contributed by atoms with Crippen LogP contribution in [0.3, 0.4) is 0 Å². The average Bonchev–Trinajstić information content (AvgIpc) is 3.33. The highest BCUT2D eigenvalue weighted by atomic mass is 35.5. The summed E-state index contributed by atoms with van der Waals surface area (Å²) in [6, 6.07) is 11.3. The zero-order chi connectivity index (χ0) is 28.2. The Morgan fingerprint density at radius 1 is 0.865 bits per heavy atom. The summed E-state index contributed by atoms with van der Waals surface area (Å²) in [6.07, 6.45) is 0.513. The lowest BCUT2D eigenvalue weighted by molar-refractivity contribution is -0.115. The molecule has 0 bridgehead atoms. The van der Waals surface area contributed by atoms with Gasteiger partial charge in [0.15, 0.2) is 6.29 Å². The second-order valence-corrected chi connectivity index (χ2v) is 11.2. The van der Waals surface area contributed by atoms with Crippen LogP contribution in [0.1, 0.15) is 74.9 Å². The van der Waals surface area contributed by atoms with Gasteiger partial charge in [-0.2, -0.15) is 0 Å². The number of ether oxygens (including phenoxy) is 4. The molecular weight excluding hydrogens is 515 g/mol. The Kier molecular flexibility index (Phi) is 14.0. The van der Waals surface area contributed by atoms with Crippen LogP contribution in [-0.4, -0.2) is 52.7 Å². The molecule has 1 fully saturated rings. The lowest BCUT2D eigenvalue weighted by Crippen LogP contribution is -2.24. The molecule has 37 heavy (non-hydrogen) atoms. The molecule has 2 aromatic carbocycles. The molecule has 2 aromatic rings. The molecule has 0 aromatic heterocycles. The second kappa shape index (κ2) is 15.6. The van der Waals surface area contributed by atoms with Crippen molar-refractivity contribution in [2.24, 2.45) is 0 Å². The fraction of sp³-hybridized carbons (Fsp3) is 0.517. The lowest BCUT2D eigenvalue weighted by Gasteiger charge is -2.25. The standard InChI is InChI=1S/C14H19ClO3.C12H15ClO2.C3H6O/c1-14(2,9-16-3)11-6-10(7-12(15)8-11)13-17-4-5-18-13;1-12(2,8-15-3)10-4-9(7-14)5-11(13)6-10;1-3(2)4/h6-8,13H,4-5,9H2,1-3H3;4-7H,8H2,1-3H3;1-2H3. The Hall–Kier alpha value is -1.80. The highest BCUT2D eigenvalue weighted by Gasteiger charge is 2.25. The van der Waals surface area contributed by atoms with Crippen molar-refractivity contribution in [1.82, 2.24) is 0 Å². The zero-order valence-corrected chi connectivity index (χ0v) is 24.7. The summed E-state index contributed by atoms with van der Waals surface area (Å²) in [5.74, 6) is 0.167. The largest absolute Gasteiger partial charge is 0.384 e. The molecule has 0 atom stereocenters. The molecule has 1 aliphatic heterocycles. The summed E-state index contributed by atoms with van der Waals surface area (Å²) < 4.78 is 21.4. The molecule has 0 radical (unpaired) electrons. The predicted octanol–water partition coefficient (Wildman–Crippen LogP) is 6.98. The number of halogens is 2. The molecule has 0 aliphatic carbocycles. The topological polar surface area (TPSA) is 71.1 Å². The smallest absolute Gasteiger partial charge is 0.184 e. The third kappa shape index (κ3) is 11.6. The van der Waals surface area contributed by atoms with Gasteiger partial charge in [0.2, 0.25) is 0 Å². The maximum absolute atomic E-state index is 10.7. The molecule has 1 heterocycles. The van der Waals surface area contributed by atoms with Gasteiger partial charge in [-0.05, 0) is 55.3 Å². The molecule has 0 N–H and O–H groups in total. The van der Waals surface area contributed by atoms with Crippen molar-refractivity contribution in [2.75, 3.05) is 40.6 Å². The van der Waals surface area contributed by atoms with Gasteiger partial charge in [0.25, 0.3) is 0 Å². The summed E-state index contributed by atoms with van der Waals surface area (Å²) in [5.41, 5.74) is 3.48. The van der Waals surface area contributed by atoms with E-state index in [9.17, 15) is 9.59 Å². The summed E-state index contributed by atoms with van der Waals surface area (Å²) in [6.45, 7) is 13.9. The molecule has 0 spiro atoms. The number of aldehydes is 1. The first-order valence-corrected chi connectivity index (χ1v) is 12.8. The average molecular weight is 556 g/mol. The minimum Gasteiger partial charge on any atom is -0.384 e. The van der Waals surface area contributed by atoms with Gasteiger partial charge in [0.1, 0.15) is 12.1 Å². The number of carbonyl (C=O) groups is 2. The number of methoxy groups -OCH3 is 2. The normalized spacial score (nSPS) is 13.8. The Labute approximate surface area is 231 Å². The van der Waals surface area contributed by atoms with E-state index in [1.54, 1.807) is 20.3 Å². The minimum atomic E-state index is -0.291. The molecule has 206 valence electrons. The van der Waals surface area contributed by atoms with Gasteiger partial charge in [0, 0.05) is 46.2 Å². The molecule has 3 rings (SSSR count). The molecule has 1 aliphatic rings. The SMILES string of the molecule is CC(C)=O.COCC(C)(C)c1cc(Cl)cc(C2OCCO2)c1.COCC(C)(C)c1cc(Cl)cc(C=O)c1. The Morgan fingerprint density at radius 3 is 1.73 bits per heavy atom. The van der Waals surface area contributed by atoms with E-state index in [-0.39, 0.29) is 22.9 Å². The molecule has 0 unspecified atom stereocenters. The van der Waals surface area contributed by atoms with Crippen LogP contribution < -0.4 is 0 Å². The minimum absolute atomic E-state index is 0.0903. The van der Waals surface area contributed by atoms with Gasteiger partial charge in [-0.1, -0.05) is 57.0 Å². The van der Waals surface area contributed by atoms with Gasteiger partial charge < -0.3 is 23.7 Å². The second-order valence-electron chi connectivity index (χ2n) is 10.3. The monoisotopic (exact) mass is 554 g/mol. The van der Waals surface area contributed by atoms with Gasteiger partial charge in [-0.15, -0.1) is 0 Å². The van der Waals surface area contributed by atoms with E-state index in [2.05, 4.69) is 33.8 Å². The Morgan fingerprint density at radius 2 is 1.30 bits per heavy atom. The number of benzene rings is 2. The van der Waals surface area contributed by atoms with Crippen molar-refractivity contribution in [3.63, 3.8) is 0 Å². The first-order valence-electron chi connectivity index (χ1n) is 12.0. The van der Waals surface area contributed by atoms with Crippen LogP contribution in [0.15, 0.2) is 36.4 Å². The fourth-order valence-corrected chi connectivity index (χ4v) is 4.14. The summed E-state index contributed by atoms with van der Waals surface area (Å²) in [5, 5.41) is 1.28. The van der Waals surface area contributed by atoms with Crippen molar-refractivity contribution in [2.45, 2.75) is 58.7 Å². The molecule has 8 heteroatoms. The number of rotatable bonds is 8. The van der Waals surface area contributed by atoms with Crippen molar-refractivity contribution in [3.8, 4) is 0 Å². The van der Waals surface area contributed by atoms with Gasteiger partial charge >= 0.3 is 0 Å².